The number of hydrogen-bond donors (Lipinski definition) is 4. The van der Waals surface area contributed by atoms with Crippen LogP contribution in [0.2, 0.25) is 0 Å². The SMILES string of the molecule is CCNC(=O)c1ccc(Nc2c(Nc3ccccc3)c(=O)c2=O)c(O)c1. The highest BCUT2D eigenvalue weighted by atomic mass is 16.3. The maximum atomic E-state index is 11.9. The van der Waals surface area contributed by atoms with Crippen molar-refractivity contribution in [1.29, 1.82) is 0 Å². The summed E-state index contributed by atoms with van der Waals surface area (Å²) < 4.78 is 0. The summed E-state index contributed by atoms with van der Waals surface area (Å²) in [6.45, 7) is 2.26. The van der Waals surface area contributed by atoms with Gasteiger partial charge in [0.1, 0.15) is 17.1 Å². The van der Waals surface area contributed by atoms with Crippen LogP contribution in [-0.2, 0) is 0 Å². The molecule has 3 aromatic rings. The van der Waals surface area contributed by atoms with Gasteiger partial charge >= 0.3 is 0 Å². The molecule has 0 aromatic heterocycles. The number of amides is 1. The van der Waals surface area contributed by atoms with Crippen LogP contribution in [0.25, 0.3) is 0 Å². The Kier molecular flexibility index (Phi) is 4.70. The molecule has 0 fully saturated rings. The first-order valence-electron chi connectivity index (χ1n) is 8.05. The number of benzene rings is 2. The van der Waals surface area contributed by atoms with E-state index in [1.807, 2.05) is 6.07 Å². The molecule has 0 spiro atoms. The Hall–Kier alpha value is -3.61. The Bertz CT molecular complexity index is 1020. The molecule has 0 saturated carbocycles. The largest absolute Gasteiger partial charge is 0.506 e. The zero-order valence-corrected chi connectivity index (χ0v) is 14.0. The van der Waals surface area contributed by atoms with Crippen molar-refractivity contribution in [1.82, 2.24) is 5.32 Å². The average molecular weight is 351 g/mol. The molecule has 0 unspecified atom stereocenters. The summed E-state index contributed by atoms with van der Waals surface area (Å²) in [5.74, 6) is -0.512. The van der Waals surface area contributed by atoms with E-state index in [-0.39, 0.29) is 28.7 Å². The Morgan fingerprint density at radius 1 is 0.962 bits per heavy atom. The van der Waals surface area contributed by atoms with Crippen LogP contribution in [0.15, 0.2) is 58.1 Å². The quantitative estimate of drug-likeness (QED) is 0.401. The van der Waals surface area contributed by atoms with Crippen LogP contribution in [0.4, 0.5) is 22.7 Å². The molecule has 0 heterocycles. The number of phenolic OH excluding ortho intramolecular Hbond substituents is 1. The number of para-hydroxylation sites is 1. The standard InChI is InChI=1S/C19H17N3O4/c1-2-20-19(26)11-8-9-13(14(23)10-11)22-16-15(17(24)18(16)25)21-12-6-4-3-5-7-12/h3-10,21-23H,2H2,1H3,(H,20,26). The normalized spacial score (nSPS) is 10.5. The van der Waals surface area contributed by atoms with Gasteiger partial charge in [0.2, 0.25) is 0 Å². The van der Waals surface area contributed by atoms with E-state index in [1.54, 1.807) is 31.2 Å². The molecule has 4 N–H and O–H groups in total. The molecule has 0 radical (unpaired) electrons. The van der Waals surface area contributed by atoms with Crippen LogP contribution < -0.4 is 26.8 Å². The van der Waals surface area contributed by atoms with Gasteiger partial charge in [-0.15, -0.1) is 0 Å². The number of aromatic hydroxyl groups is 1. The molecule has 132 valence electrons. The first-order chi connectivity index (χ1) is 12.5. The van der Waals surface area contributed by atoms with E-state index >= 15 is 0 Å². The molecule has 0 saturated heterocycles. The first kappa shape index (κ1) is 17.2. The summed E-state index contributed by atoms with van der Waals surface area (Å²) in [6.07, 6.45) is 0. The highest BCUT2D eigenvalue weighted by Gasteiger charge is 2.22. The second-order valence-electron chi connectivity index (χ2n) is 5.62. The van der Waals surface area contributed by atoms with Gasteiger partial charge in [-0.3, -0.25) is 14.4 Å². The molecule has 7 nitrogen and oxygen atoms in total. The average Bonchev–Trinajstić information content (AvgIpc) is 2.66. The number of anilines is 4. The molecule has 0 bridgehead atoms. The highest BCUT2D eigenvalue weighted by molar-refractivity contribution is 5.95. The van der Waals surface area contributed by atoms with E-state index in [4.69, 9.17) is 0 Å². The van der Waals surface area contributed by atoms with Crippen molar-refractivity contribution < 1.29 is 9.90 Å². The third-order valence-corrected chi connectivity index (χ3v) is 3.81. The lowest BCUT2D eigenvalue weighted by atomic mass is 10.1. The minimum absolute atomic E-state index is 0.0694. The van der Waals surface area contributed by atoms with Crippen molar-refractivity contribution in [3.63, 3.8) is 0 Å². The van der Waals surface area contributed by atoms with E-state index in [1.165, 1.54) is 18.2 Å². The van der Waals surface area contributed by atoms with Gasteiger partial charge in [-0.2, -0.15) is 0 Å². The Morgan fingerprint density at radius 3 is 2.23 bits per heavy atom. The second-order valence-corrected chi connectivity index (χ2v) is 5.62. The molecular weight excluding hydrogens is 334 g/mol. The molecule has 0 atom stereocenters. The number of nitrogens with one attached hydrogen (secondary N) is 3. The van der Waals surface area contributed by atoms with Gasteiger partial charge in [-0.1, -0.05) is 18.2 Å². The van der Waals surface area contributed by atoms with Crippen LogP contribution in [0.1, 0.15) is 17.3 Å². The molecule has 0 aliphatic heterocycles. The smallest absolute Gasteiger partial charge is 0.253 e. The molecule has 3 aromatic carbocycles. The van der Waals surface area contributed by atoms with Crippen molar-refractivity contribution in [3.05, 3.63) is 74.5 Å². The van der Waals surface area contributed by atoms with Gasteiger partial charge in [-0.25, -0.2) is 0 Å². The lowest BCUT2D eigenvalue weighted by molar-refractivity contribution is 0.0955. The zero-order chi connectivity index (χ0) is 18.7. The summed E-state index contributed by atoms with van der Waals surface area (Å²) in [5.41, 5.74) is 0.0842. The number of carbonyl (C=O) groups is 1. The fourth-order valence-corrected chi connectivity index (χ4v) is 2.47. The van der Waals surface area contributed by atoms with Crippen molar-refractivity contribution in [3.8, 4) is 5.75 Å². The summed E-state index contributed by atoms with van der Waals surface area (Å²) >= 11 is 0. The van der Waals surface area contributed by atoms with E-state index in [2.05, 4.69) is 16.0 Å². The Labute approximate surface area is 149 Å². The third-order valence-electron chi connectivity index (χ3n) is 3.81. The Balaban J connectivity index is 1.84. The van der Waals surface area contributed by atoms with Gasteiger partial charge in [0.15, 0.2) is 0 Å². The second kappa shape index (κ2) is 7.10. The summed E-state index contributed by atoms with van der Waals surface area (Å²) in [4.78, 5) is 35.5. The third kappa shape index (κ3) is 3.27. The lowest BCUT2D eigenvalue weighted by Gasteiger charge is -2.16. The molecule has 7 heteroatoms. The van der Waals surface area contributed by atoms with E-state index < -0.39 is 10.9 Å². The van der Waals surface area contributed by atoms with E-state index in [0.29, 0.717) is 17.8 Å². The minimum atomic E-state index is -0.671. The first-order valence-corrected chi connectivity index (χ1v) is 8.05. The predicted molar refractivity (Wildman–Crippen MR) is 100 cm³/mol. The molecule has 3 rings (SSSR count). The van der Waals surface area contributed by atoms with Crippen LogP contribution >= 0.6 is 0 Å². The van der Waals surface area contributed by atoms with Crippen LogP contribution in [0, 0.1) is 0 Å². The number of phenols is 1. The fraction of sp³-hybridized carbons (Fsp3) is 0.105. The maximum absolute atomic E-state index is 11.9. The van der Waals surface area contributed by atoms with E-state index in [9.17, 15) is 19.5 Å². The van der Waals surface area contributed by atoms with Crippen LogP contribution in [-0.4, -0.2) is 17.6 Å². The lowest BCUT2D eigenvalue weighted by Crippen LogP contribution is -2.35. The molecule has 26 heavy (non-hydrogen) atoms. The number of hydrogen-bond acceptors (Lipinski definition) is 6. The fourth-order valence-electron chi connectivity index (χ4n) is 2.47. The Morgan fingerprint density at radius 2 is 1.62 bits per heavy atom. The van der Waals surface area contributed by atoms with Crippen molar-refractivity contribution in [2.45, 2.75) is 6.92 Å². The van der Waals surface area contributed by atoms with Gasteiger partial charge in [0.25, 0.3) is 16.8 Å². The monoisotopic (exact) mass is 351 g/mol. The van der Waals surface area contributed by atoms with Gasteiger partial charge in [-0.05, 0) is 37.3 Å². The van der Waals surface area contributed by atoms with Crippen LogP contribution in [0.3, 0.4) is 0 Å². The van der Waals surface area contributed by atoms with Crippen molar-refractivity contribution in [2.75, 3.05) is 17.2 Å². The minimum Gasteiger partial charge on any atom is -0.506 e. The zero-order valence-electron chi connectivity index (χ0n) is 14.0. The van der Waals surface area contributed by atoms with Crippen LogP contribution in [0.5, 0.6) is 5.75 Å². The molecule has 0 aliphatic rings. The molecule has 1 amide bonds. The van der Waals surface area contributed by atoms with Gasteiger partial charge in [0, 0.05) is 17.8 Å². The predicted octanol–water partition coefficient (Wildman–Crippen LogP) is 2.23. The summed E-state index contributed by atoms with van der Waals surface area (Å²) in [6, 6.07) is 13.2. The maximum Gasteiger partial charge on any atom is 0.253 e. The molecular formula is C19H17N3O4. The summed E-state index contributed by atoms with van der Waals surface area (Å²) in [5, 5.41) is 18.4. The van der Waals surface area contributed by atoms with Crippen molar-refractivity contribution >= 4 is 28.7 Å². The highest BCUT2D eigenvalue weighted by Crippen LogP contribution is 2.30. The molecule has 0 aliphatic carbocycles. The number of carbonyl (C=O) groups excluding carboxylic acids is 1. The van der Waals surface area contributed by atoms with Gasteiger partial charge in [0.05, 0.1) is 5.69 Å². The van der Waals surface area contributed by atoms with E-state index in [0.717, 1.165) is 0 Å². The van der Waals surface area contributed by atoms with Gasteiger partial charge < -0.3 is 21.1 Å². The summed E-state index contributed by atoms with van der Waals surface area (Å²) in [7, 11) is 0. The topological polar surface area (TPSA) is 108 Å². The van der Waals surface area contributed by atoms with Crippen molar-refractivity contribution in [2.24, 2.45) is 0 Å². The number of rotatable bonds is 6.